The molecule has 1 amide bonds. The zero-order valence-corrected chi connectivity index (χ0v) is 21.7. The number of nitrogens with zero attached hydrogens (tertiary/aromatic N) is 1. The summed E-state index contributed by atoms with van der Waals surface area (Å²) in [6.45, 7) is 6.28. The molecule has 1 heterocycles. The Morgan fingerprint density at radius 3 is 2.53 bits per heavy atom. The molecule has 1 aromatic carbocycles. The lowest BCUT2D eigenvalue weighted by Crippen LogP contribution is -2.27. The van der Waals surface area contributed by atoms with Crippen molar-refractivity contribution in [2.24, 2.45) is 0 Å². The Labute approximate surface area is 213 Å². The lowest BCUT2D eigenvalue weighted by Gasteiger charge is -2.30. The van der Waals surface area contributed by atoms with Gasteiger partial charge in [0.2, 0.25) is 0 Å². The third kappa shape index (κ3) is 8.82. The van der Waals surface area contributed by atoms with Crippen LogP contribution in [0.5, 0.6) is 5.75 Å². The Bertz CT molecular complexity index is 996. The molecule has 2 aromatic rings. The van der Waals surface area contributed by atoms with E-state index in [0.29, 0.717) is 43.4 Å². The van der Waals surface area contributed by atoms with Crippen molar-refractivity contribution >= 4 is 17.7 Å². The molecule has 3 rings (SSSR count). The maximum Gasteiger partial charge on any atom is 0.412 e. The molecule has 0 radical (unpaired) electrons. The van der Waals surface area contributed by atoms with Gasteiger partial charge in [0.1, 0.15) is 11.4 Å². The number of pyridine rings is 1. The van der Waals surface area contributed by atoms with Crippen molar-refractivity contribution in [1.82, 2.24) is 4.98 Å². The maximum absolute atomic E-state index is 12.2. The van der Waals surface area contributed by atoms with Crippen molar-refractivity contribution in [1.29, 1.82) is 0 Å². The van der Waals surface area contributed by atoms with Gasteiger partial charge in [0.15, 0.2) is 0 Å². The number of rotatable bonds is 10. The fourth-order valence-corrected chi connectivity index (χ4v) is 4.27. The normalized spacial score (nSPS) is 17.8. The van der Waals surface area contributed by atoms with Crippen LogP contribution in [0.3, 0.4) is 0 Å². The largest absolute Gasteiger partial charge is 0.493 e. The molecule has 0 aliphatic heterocycles. The highest BCUT2D eigenvalue weighted by Gasteiger charge is 2.25. The predicted molar refractivity (Wildman–Crippen MR) is 137 cm³/mol. The van der Waals surface area contributed by atoms with E-state index in [2.05, 4.69) is 21.1 Å². The van der Waals surface area contributed by atoms with Gasteiger partial charge < -0.3 is 18.9 Å². The summed E-state index contributed by atoms with van der Waals surface area (Å²) in [7, 11) is 1.40. The van der Waals surface area contributed by atoms with Crippen molar-refractivity contribution in [2.75, 3.05) is 19.0 Å². The van der Waals surface area contributed by atoms with Gasteiger partial charge in [-0.05, 0) is 82.6 Å². The lowest BCUT2D eigenvalue weighted by atomic mass is 9.82. The van der Waals surface area contributed by atoms with Gasteiger partial charge >= 0.3 is 12.1 Å². The van der Waals surface area contributed by atoms with E-state index in [0.717, 1.165) is 31.4 Å². The second-order valence-corrected chi connectivity index (χ2v) is 9.98. The molecule has 1 aliphatic carbocycles. The van der Waals surface area contributed by atoms with Gasteiger partial charge in [0, 0.05) is 12.6 Å². The fourth-order valence-electron chi connectivity index (χ4n) is 4.27. The summed E-state index contributed by atoms with van der Waals surface area (Å²) in [5.74, 6) is 1.07. The molecule has 1 N–H and O–H groups in total. The highest BCUT2D eigenvalue weighted by molar-refractivity contribution is 5.85. The van der Waals surface area contributed by atoms with Gasteiger partial charge in [-0.25, -0.2) is 4.79 Å². The molecular formula is C28H38N2O6. The van der Waals surface area contributed by atoms with E-state index >= 15 is 0 Å². The van der Waals surface area contributed by atoms with Gasteiger partial charge in [0.25, 0.3) is 0 Å². The monoisotopic (exact) mass is 498 g/mol. The first-order valence-corrected chi connectivity index (χ1v) is 12.6. The molecule has 1 saturated carbocycles. The summed E-state index contributed by atoms with van der Waals surface area (Å²) in [4.78, 5) is 27.9. The summed E-state index contributed by atoms with van der Waals surface area (Å²) >= 11 is 0. The summed E-state index contributed by atoms with van der Waals surface area (Å²) in [5.41, 5.74) is 1.91. The Balaban J connectivity index is 1.49. The SMILES string of the molecule is COC(=O)CCCOc1ccccc1[C@H]1CC[C@@H](OCc2ncccc2NC(=O)OC(C)(C)C)CC1. The van der Waals surface area contributed by atoms with Crippen LogP contribution in [0.4, 0.5) is 10.5 Å². The zero-order valence-electron chi connectivity index (χ0n) is 21.7. The minimum absolute atomic E-state index is 0.130. The highest BCUT2D eigenvalue weighted by atomic mass is 16.6. The molecule has 1 aromatic heterocycles. The smallest absolute Gasteiger partial charge is 0.412 e. The molecule has 0 saturated heterocycles. The molecular weight excluding hydrogens is 460 g/mol. The van der Waals surface area contributed by atoms with Crippen LogP contribution in [0.2, 0.25) is 0 Å². The van der Waals surface area contributed by atoms with E-state index in [9.17, 15) is 9.59 Å². The Hall–Kier alpha value is -3.13. The van der Waals surface area contributed by atoms with Crippen molar-refractivity contribution in [3.8, 4) is 5.75 Å². The molecule has 0 spiro atoms. The van der Waals surface area contributed by atoms with Crippen molar-refractivity contribution < 1.29 is 28.5 Å². The van der Waals surface area contributed by atoms with Crippen LogP contribution < -0.4 is 10.1 Å². The standard InChI is InChI=1S/C28H38N2O6/c1-28(2,3)36-27(32)30-23-10-7-17-29-24(23)19-35-21-15-13-20(14-16-21)22-9-5-6-11-25(22)34-18-8-12-26(31)33-4/h5-7,9-11,17,20-21H,8,12-16,18-19H2,1-4H3,(H,30,32)/t20-,21+. The molecule has 0 bridgehead atoms. The van der Waals surface area contributed by atoms with Gasteiger partial charge in [-0.1, -0.05) is 18.2 Å². The van der Waals surface area contributed by atoms with E-state index < -0.39 is 11.7 Å². The van der Waals surface area contributed by atoms with Crippen LogP contribution in [-0.4, -0.2) is 42.5 Å². The van der Waals surface area contributed by atoms with Crippen LogP contribution in [-0.2, 0) is 25.6 Å². The van der Waals surface area contributed by atoms with Gasteiger partial charge in [-0.3, -0.25) is 15.1 Å². The number of ether oxygens (including phenoxy) is 4. The average Bonchev–Trinajstić information content (AvgIpc) is 2.85. The van der Waals surface area contributed by atoms with Crippen LogP contribution in [0, 0.1) is 0 Å². The lowest BCUT2D eigenvalue weighted by molar-refractivity contribution is -0.140. The maximum atomic E-state index is 12.2. The summed E-state index contributed by atoms with van der Waals surface area (Å²) in [6.07, 6.45) is 6.15. The quantitative estimate of drug-likeness (QED) is 0.317. The number of aromatic nitrogens is 1. The summed E-state index contributed by atoms with van der Waals surface area (Å²) in [6, 6.07) is 11.7. The van der Waals surface area contributed by atoms with E-state index in [1.807, 2.05) is 39.0 Å². The Kier molecular flexibility index (Phi) is 10.1. The minimum Gasteiger partial charge on any atom is -0.493 e. The second kappa shape index (κ2) is 13.3. The van der Waals surface area contributed by atoms with E-state index in [1.54, 1.807) is 18.3 Å². The predicted octanol–water partition coefficient (Wildman–Crippen LogP) is 6.00. The highest BCUT2D eigenvalue weighted by Crippen LogP contribution is 2.38. The Morgan fingerprint density at radius 1 is 1.06 bits per heavy atom. The fraction of sp³-hybridized carbons (Fsp3) is 0.536. The number of carbonyl (C=O) groups is 2. The van der Waals surface area contributed by atoms with Gasteiger partial charge in [0.05, 0.1) is 37.8 Å². The number of nitrogens with one attached hydrogen (secondary N) is 1. The number of carbonyl (C=O) groups excluding carboxylic acids is 2. The number of para-hydroxylation sites is 1. The molecule has 0 atom stereocenters. The number of methoxy groups -OCH3 is 1. The van der Waals surface area contributed by atoms with Crippen LogP contribution >= 0.6 is 0 Å². The molecule has 8 nitrogen and oxygen atoms in total. The average molecular weight is 499 g/mol. The molecule has 0 unspecified atom stereocenters. The van der Waals surface area contributed by atoms with Crippen LogP contribution in [0.1, 0.15) is 76.5 Å². The number of anilines is 1. The van der Waals surface area contributed by atoms with E-state index in [-0.39, 0.29) is 12.1 Å². The van der Waals surface area contributed by atoms with Crippen LogP contribution in [0.15, 0.2) is 42.6 Å². The molecule has 1 fully saturated rings. The van der Waals surface area contributed by atoms with Gasteiger partial charge in [-0.15, -0.1) is 0 Å². The molecule has 8 heteroatoms. The molecule has 36 heavy (non-hydrogen) atoms. The number of esters is 1. The van der Waals surface area contributed by atoms with Crippen molar-refractivity contribution in [2.45, 2.75) is 83.5 Å². The topological polar surface area (TPSA) is 96.0 Å². The Morgan fingerprint density at radius 2 is 1.81 bits per heavy atom. The van der Waals surface area contributed by atoms with Crippen molar-refractivity contribution in [3.05, 3.63) is 53.9 Å². The first kappa shape index (κ1) is 27.5. The molecule has 1 aliphatic rings. The van der Waals surface area contributed by atoms with E-state index in [4.69, 9.17) is 14.2 Å². The summed E-state index contributed by atoms with van der Waals surface area (Å²) in [5, 5.41) is 2.78. The van der Waals surface area contributed by atoms with Crippen LogP contribution in [0.25, 0.3) is 0 Å². The first-order chi connectivity index (χ1) is 17.2. The summed E-state index contributed by atoms with van der Waals surface area (Å²) < 4.78 is 22.2. The number of hydrogen-bond donors (Lipinski definition) is 1. The number of hydrogen-bond acceptors (Lipinski definition) is 7. The minimum atomic E-state index is -0.575. The number of benzene rings is 1. The van der Waals surface area contributed by atoms with Gasteiger partial charge in [-0.2, -0.15) is 0 Å². The third-order valence-electron chi connectivity index (χ3n) is 6.03. The second-order valence-electron chi connectivity index (χ2n) is 9.98. The third-order valence-corrected chi connectivity index (χ3v) is 6.03. The van der Waals surface area contributed by atoms with Crippen molar-refractivity contribution in [3.63, 3.8) is 0 Å². The first-order valence-electron chi connectivity index (χ1n) is 12.6. The van der Waals surface area contributed by atoms with E-state index in [1.165, 1.54) is 12.7 Å². The molecule has 196 valence electrons. The number of amides is 1. The zero-order chi connectivity index (χ0) is 26.0.